The zero-order valence-electron chi connectivity index (χ0n) is 6.96. The fourth-order valence-electron chi connectivity index (χ4n) is 0.446. The summed E-state index contributed by atoms with van der Waals surface area (Å²) in [7, 11) is 0. The standard InChI is InChI=1S/C6H14IN4O/c1-4(12)5(8)7-2-3-11-6(9)10/h5H,2-3,8H2,1H3,(H4,9,10,11)/q-1/t5-/m0/s1. The average Bonchev–Trinajstić information content (AvgIpc) is 1.97. The molecule has 0 aromatic carbocycles. The number of rotatable bonds is 5. The van der Waals surface area contributed by atoms with Crippen molar-refractivity contribution in [1.82, 2.24) is 0 Å². The molecule has 0 aliphatic heterocycles. The van der Waals surface area contributed by atoms with Gasteiger partial charge in [0.1, 0.15) is 0 Å². The summed E-state index contributed by atoms with van der Waals surface area (Å²) in [6.45, 7) is 2.08. The summed E-state index contributed by atoms with van der Waals surface area (Å²) in [6.07, 6.45) is 0. The molecule has 0 unspecified atom stereocenters. The van der Waals surface area contributed by atoms with Crippen molar-refractivity contribution in [3.05, 3.63) is 0 Å². The molecule has 6 N–H and O–H groups in total. The van der Waals surface area contributed by atoms with Gasteiger partial charge in [-0.15, -0.1) is 0 Å². The topological polar surface area (TPSA) is 107 Å². The molecule has 0 bridgehead atoms. The number of hydrogen-bond donors (Lipinski definition) is 3. The molecule has 12 heavy (non-hydrogen) atoms. The third kappa shape index (κ3) is 6.35. The third-order valence-corrected chi connectivity index (χ3v) is 3.97. The summed E-state index contributed by atoms with van der Waals surface area (Å²) >= 11 is -0.300. The predicted octanol–water partition coefficient (Wildman–Crippen LogP) is -4.78. The SMILES string of the molecule is CC(=O)[C@H](N)[I-]CCN=C(N)N. The van der Waals surface area contributed by atoms with E-state index >= 15 is 0 Å². The molecule has 0 aromatic heterocycles. The minimum absolute atomic E-state index is 0.0486. The molecule has 1 atom stereocenters. The van der Waals surface area contributed by atoms with Crippen molar-refractivity contribution in [1.29, 1.82) is 0 Å². The molecular formula is C6H14IN4O-. The van der Waals surface area contributed by atoms with Crippen molar-refractivity contribution in [2.45, 2.75) is 11.0 Å². The Morgan fingerprint density at radius 2 is 2.17 bits per heavy atom. The second kappa shape index (κ2) is 6.18. The van der Waals surface area contributed by atoms with Crippen LogP contribution in [0.5, 0.6) is 0 Å². The molecule has 0 fully saturated rings. The maximum absolute atomic E-state index is 10.7. The Morgan fingerprint density at radius 1 is 1.58 bits per heavy atom. The molecule has 0 saturated carbocycles. The van der Waals surface area contributed by atoms with Gasteiger partial charge < -0.3 is 0 Å². The molecule has 6 heteroatoms. The van der Waals surface area contributed by atoms with Gasteiger partial charge in [-0.05, 0) is 0 Å². The Kier molecular flexibility index (Phi) is 5.99. The molecule has 0 rings (SSSR count). The summed E-state index contributed by atoms with van der Waals surface area (Å²) in [4.78, 5) is 14.5. The first kappa shape index (κ1) is 11.6. The van der Waals surface area contributed by atoms with Gasteiger partial charge in [0.2, 0.25) is 0 Å². The molecule has 0 saturated heterocycles. The van der Waals surface area contributed by atoms with Gasteiger partial charge in [0.15, 0.2) is 0 Å². The van der Waals surface area contributed by atoms with E-state index in [2.05, 4.69) is 4.99 Å². The van der Waals surface area contributed by atoms with Crippen molar-refractivity contribution in [2.75, 3.05) is 11.0 Å². The van der Waals surface area contributed by atoms with Gasteiger partial charge in [-0.25, -0.2) is 0 Å². The summed E-state index contributed by atoms with van der Waals surface area (Å²) in [5, 5.41) is 0. The van der Waals surface area contributed by atoms with Crippen molar-refractivity contribution in [2.24, 2.45) is 22.2 Å². The third-order valence-electron chi connectivity index (χ3n) is 1.04. The van der Waals surface area contributed by atoms with Crippen LogP contribution in [0.25, 0.3) is 0 Å². The number of hydrogen-bond acceptors (Lipinski definition) is 3. The zero-order valence-corrected chi connectivity index (χ0v) is 9.11. The summed E-state index contributed by atoms with van der Waals surface area (Å²) in [6, 6.07) is 0. The number of alkyl halides is 2. The number of Topliss-reactive ketones (excluding diaryl/α,β-unsaturated/α-hetero) is 1. The van der Waals surface area contributed by atoms with E-state index in [1.165, 1.54) is 6.92 Å². The van der Waals surface area contributed by atoms with Gasteiger partial charge in [0.25, 0.3) is 0 Å². The summed E-state index contributed by atoms with van der Waals surface area (Å²) < 4.78 is 0.579. The molecule has 72 valence electrons. The van der Waals surface area contributed by atoms with Crippen molar-refractivity contribution >= 4 is 11.7 Å². The number of nitrogens with two attached hydrogens (primary N) is 3. The van der Waals surface area contributed by atoms with E-state index in [9.17, 15) is 4.79 Å². The number of nitrogens with zero attached hydrogens (tertiary/aromatic N) is 1. The minimum atomic E-state index is -0.300. The number of guanidine groups is 1. The number of aliphatic imine (C=N–C) groups is 1. The Bertz CT molecular complexity index is 178. The molecule has 0 aromatic rings. The average molecular weight is 285 g/mol. The van der Waals surface area contributed by atoms with Crippen LogP contribution in [-0.2, 0) is 4.79 Å². The first-order chi connectivity index (χ1) is 5.54. The Labute approximate surface area is 82.0 Å². The second-order valence-corrected chi connectivity index (χ2v) is 5.46. The zero-order chi connectivity index (χ0) is 9.56. The second-order valence-electron chi connectivity index (χ2n) is 2.16. The molecule has 0 spiro atoms. The normalized spacial score (nSPS) is 12.5. The van der Waals surface area contributed by atoms with E-state index in [4.69, 9.17) is 17.2 Å². The molecule has 0 heterocycles. The van der Waals surface area contributed by atoms with Gasteiger partial charge >= 0.3 is 81.9 Å². The van der Waals surface area contributed by atoms with Gasteiger partial charge in [0, 0.05) is 0 Å². The van der Waals surface area contributed by atoms with Gasteiger partial charge in [-0.3, -0.25) is 0 Å². The van der Waals surface area contributed by atoms with E-state index in [1.54, 1.807) is 0 Å². The molecule has 0 radical (unpaired) electrons. The van der Waals surface area contributed by atoms with E-state index in [-0.39, 0.29) is 37.0 Å². The maximum atomic E-state index is 10.7. The first-order valence-electron chi connectivity index (χ1n) is 3.43. The van der Waals surface area contributed by atoms with Crippen LogP contribution in [0.4, 0.5) is 0 Å². The van der Waals surface area contributed by atoms with Crippen LogP contribution in [0.2, 0.25) is 0 Å². The van der Waals surface area contributed by atoms with Gasteiger partial charge in [-0.1, -0.05) is 0 Å². The first-order valence-corrected chi connectivity index (χ1v) is 6.20. The quantitative estimate of drug-likeness (QED) is 0.118. The van der Waals surface area contributed by atoms with E-state index in [0.717, 1.165) is 4.43 Å². The van der Waals surface area contributed by atoms with E-state index < -0.39 is 0 Å². The molecule has 5 nitrogen and oxygen atoms in total. The van der Waals surface area contributed by atoms with Crippen LogP contribution in [0.1, 0.15) is 6.92 Å². The van der Waals surface area contributed by atoms with Crippen LogP contribution in [0.15, 0.2) is 4.99 Å². The number of ketones is 1. The fourth-order valence-corrected chi connectivity index (χ4v) is 2.26. The molecular weight excluding hydrogens is 271 g/mol. The van der Waals surface area contributed by atoms with Crippen LogP contribution < -0.4 is 38.4 Å². The number of halogens is 1. The van der Waals surface area contributed by atoms with E-state index in [1.807, 2.05) is 0 Å². The van der Waals surface area contributed by atoms with Gasteiger partial charge in [-0.2, -0.15) is 0 Å². The van der Waals surface area contributed by atoms with Crippen molar-refractivity contribution in [3.63, 3.8) is 0 Å². The Balaban J connectivity index is 3.44. The van der Waals surface area contributed by atoms with Crippen molar-refractivity contribution in [3.8, 4) is 0 Å². The predicted molar refractivity (Wildman–Crippen MR) is 44.2 cm³/mol. The van der Waals surface area contributed by atoms with E-state index in [0.29, 0.717) is 6.54 Å². The van der Waals surface area contributed by atoms with Crippen LogP contribution in [0.3, 0.4) is 0 Å². The summed E-state index contributed by atoms with van der Waals surface area (Å²) in [5.41, 5.74) is 15.7. The fraction of sp³-hybridized carbons (Fsp3) is 0.667. The number of carbonyl (C=O) groups is 1. The Morgan fingerprint density at radius 3 is 2.58 bits per heavy atom. The van der Waals surface area contributed by atoms with Crippen LogP contribution in [-0.4, -0.2) is 26.8 Å². The number of carbonyl (C=O) groups excluding carboxylic acids is 1. The Hall–Kier alpha value is -0.370. The van der Waals surface area contributed by atoms with Gasteiger partial charge in [0.05, 0.1) is 0 Å². The van der Waals surface area contributed by atoms with Crippen LogP contribution in [0, 0.1) is 0 Å². The monoisotopic (exact) mass is 285 g/mol. The van der Waals surface area contributed by atoms with Crippen molar-refractivity contribution < 1.29 is 26.0 Å². The van der Waals surface area contributed by atoms with Crippen LogP contribution >= 0.6 is 0 Å². The molecule has 0 amide bonds. The molecule has 0 aliphatic rings. The summed E-state index contributed by atoms with van der Waals surface area (Å²) in [5.74, 6) is 0.142. The molecule has 0 aliphatic carbocycles.